The van der Waals surface area contributed by atoms with Crippen molar-refractivity contribution in [3.8, 4) is 0 Å². The van der Waals surface area contributed by atoms with E-state index in [1.165, 1.54) is 18.2 Å². The average molecular weight is 318 g/mol. The Hall–Kier alpha value is -1.98. The SMILES string of the molecule is O[C@@H](CN1CCN(c2ccccc2F)CC1)c1ccc(F)cc1. The van der Waals surface area contributed by atoms with Crippen LogP contribution in [0, 0.1) is 11.6 Å². The fourth-order valence-corrected chi connectivity index (χ4v) is 2.91. The number of aliphatic hydroxyl groups excluding tert-OH is 1. The second-order valence-electron chi connectivity index (χ2n) is 5.81. The van der Waals surface area contributed by atoms with E-state index in [1.54, 1.807) is 24.3 Å². The van der Waals surface area contributed by atoms with Gasteiger partial charge in [0.25, 0.3) is 0 Å². The molecule has 1 saturated heterocycles. The number of halogens is 2. The van der Waals surface area contributed by atoms with Gasteiger partial charge in [-0.25, -0.2) is 8.78 Å². The third kappa shape index (κ3) is 3.86. The van der Waals surface area contributed by atoms with Crippen molar-refractivity contribution in [3.05, 3.63) is 65.7 Å². The standard InChI is InChI=1S/C18H20F2N2O/c19-15-7-5-14(6-8-15)18(23)13-21-9-11-22(12-10-21)17-4-2-1-3-16(17)20/h1-8,18,23H,9-13H2/t18-/m0/s1. The van der Waals surface area contributed by atoms with Gasteiger partial charge in [0.15, 0.2) is 0 Å². The summed E-state index contributed by atoms with van der Waals surface area (Å²) in [5.74, 6) is -0.508. The summed E-state index contributed by atoms with van der Waals surface area (Å²) in [7, 11) is 0. The first-order chi connectivity index (χ1) is 11.1. The monoisotopic (exact) mass is 318 g/mol. The highest BCUT2D eigenvalue weighted by molar-refractivity contribution is 5.48. The molecule has 0 spiro atoms. The molecule has 122 valence electrons. The predicted octanol–water partition coefficient (Wildman–Crippen LogP) is 2.82. The molecule has 3 rings (SSSR count). The smallest absolute Gasteiger partial charge is 0.146 e. The maximum absolute atomic E-state index is 13.8. The molecule has 0 saturated carbocycles. The van der Waals surface area contributed by atoms with Crippen LogP contribution in [0.2, 0.25) is 0 Å². The average Bonchev–Trinajstić information content (AvgIpc) is 2.57. The lowest BCUT2D eigenvalue weighted by Gasteiger charge is -2.37. The largest absolute Gasteiger partial charge is 0.387 e. The van der Waals surface area contributed by atoms with Crippen LogP contribution in [0.1, 0.15) is 11.7 Å². The van der Waals surface area contributed by atoms with Crippen molar-refractivity contribution in [1.29, 1.82) is 0 Å². The van der Waals surface area contributed by atoms with Gasteiger partial charge in [-0.2, -0.15) is 0 Å². The molecular formula is C18H20F2N2O. The first-order valence-corrected chi connectivity index (χ1v) is 7.79. The van der Waals surface area contributed by atoms with Crippen molar-refractivity contribution in [1.82, 2.24) is 4.90 Å². The van der Waals surface area contributed by atoms with E-state index >= 15 is 0 Å². The summed E-state index contributed by atoms with van der Waals surface area (Å²) in [6, 6.07) is 12.7. The zero-order valence-corrected chi connectivity index (χ0v) is 12.8. The summed E-state index contributed by atoms with van der Waals surface area (Å²) < 4.78 is 26.7. The van der Waals surface area contributed by atoms with Gasteiger partial charge >= 0.3 is 0 Å². The van der Waals surface area contributed by atoms with Crippen molar-refractivity contribution in [3.63, 3.8) is 0 Å². The summed E-state index contributed by atoms with van der Waals surface area (Å²) in [5.41, 5.74) is 1.34. The molecule has 2 aromatic rings. The van der Waals surface area contributed by atoms with Gasteiger partial charge in [-0.15, -0.1) is 0 Å². The fraction of sp³-hybridized carbons (Fsp3) is 0.333. The lowest BCUT2D eigenvalue weighted by atomic mass is 10.1. The van der Waals surface area contributed by atoms with Crippen LogP contribution in [0.15, 0.2) is 48.5 Å². The number of benzene rings is 2. The Kier molecular flexibility index (Phi) is 4.88. The molecule has 1 fully saturated rings. The van der Waals surface area contributed by atoms with Gasteiger partial charge in [-0.05, 0) is 29.8 Å². The quantitative estimate of drug-likeness (QED) is 0.939. The molecule has 0 aliphatic carbocycles. The molecule has 0 radical (unpaired) electrons. The molecular weight excluding hydrogens is 298 g/mol. The van der Waals surface area contributed by atoms with E-state index in [2.05, 4.69) is 4.90 Å². The van der Waals surface area contributed by atoms with Crippen LogP contribution in [0.25, 0.3) is 0 Å². The van der Waals surface area contributed by atoms with Crippen molar-refractivity contribution in [2.45, 2.75) is 6.10 Å². The number of nitrogens with zero attached hydrogens (tertiary/aromatic N) is 2. The molecule has 3 nitrogen and oxygen atoms in total. The highest BCUT2D eigenvalue weighted by Crippen LogP contribution is 2.21. The molecule has 1 N–H and O–H groups in total. The van der Waals surface area contributed by atoms with Crippen LogP contribution in [0.4, 0.5) is 14.5 Å². The van der Waals surface area contributed by atoms with E-state index in [9.17, 15) is 13.9 Å². The Morgan fingerprint density at radius 3 is 2.22 bits per heavy atom. The molecule has 1 aliphatic rings. The van der Waals surface area contributed by atoms with E-state index in [0.29, 0.717) is 17.8 Å². The fourth-order valence-electron chi connectivity index (χ4n) is 2.91. The van der Waals surface area contributed by atoms with Crippen LogP contribution >= 0.6 is 0 Å². The van der Waals surface area contributed by atoms with E-state index in [4.69, 9.17) is 0 Å². The third-order valence-corrected chi connectivity index (χ3v) is 4.25. The molecule has 2 aromatic carbocycles. The molecule has 5 heteroatoms. The highest BCUT2D eigenvalue weighted by Gasteiger charge is 2.21. The van der Waals surface area contributed by atoms with Crippen molar-refractivity contribution < 1.29 is 13.9 Å². The zero-order chi connectivity index (χ0) is 16.2. The summed E-state index contributed by atoms with van der Waals surface area (Å²) in [6.45, 7) is 3.45. The molecule has 1 atom stereocenters. The maximum Gasteiger partial charge on any atom is 0.146 e. The Morgan fingerprint density at radius 2 is 1.57 bits per heavy atom. The van der Waals surface area contributed by atoms with Crippen LogP contribution in [-0.4, -0.2) is 42.7 Å². The molecule has 23 heavy (non-hydrogen) atoms. The van der Waals surface area contributed by atoms with E-state index in [0.717, 1.165) is 26.2 Å². The highest BCUT2D eigenvalue weighted by atomic mass is 19.1. The molecule has 0 amide bonds. The van der Waals surface area contributed by atoms with Crippen LogP contribution in [-0.2, 0) is 0 Å². The summed E-state index contributed by atoms with van der Waals surface area (Å²) in [4.78, 5) is 4.17. The first kappa shape index (κ1) is 15.9. The third-order valence-electron chi connectivity index (χ3n) is 4.25. The summed E-state index contributed by atoms with van der Waals surface area (Å²) in [5, 5.41) is 10.3. The molecule has 1 aliphatic heterocycles. The molecule has 0 aromatic heterocycles. The summed E-state index contributed by atoms with van der Waals surface area (Å²) >= 11 is 0. The van der Waals surface area contributed by atoms with Crippen molar-refractivity contribution in [2.24, 2.45) is 0 Å². The maximum atomic E-state index is 13.8. The minimum Gasteiger partial charge on any atom is -0.387 e. The lowest BCUT2D eigenvalue weighted by molar-refractivity contribution is 0.109. The number of piperazine rings is 1. The number of hydrogen-bond acceptors (Lipinski definition) is 3. The van der Waals surface area contributed by atoms with Gasteiger partial charge in [0.1, 0.15) is 11.6 Å². The number of aliphatic hydroxyl groups is 1. The Balaban J connectivity index is 1.55. The molecule has 1 heterocycles. The Bertz CT molecular complexity index is 640. The van der Waals surface area contributed by atoms with Gasteiger partial charge in [0.2, 0.25) is 0 Å². The van der Waals surface area contributed by atoms with E-state index in [1.807, 2.05) is 11.0 Å². The summed E-state index contributed by atoms with van der Waals surface area (Å²) in [6.07, 6.45) is -0.643. The van der Waals surface area contributed by atoms with Crippen LogP contribution in [0.3, 0.4) is 0 Å². The Labute approximate surface area is 134 Å². The van der Waals surface area contributed by atoms with Gasteiger partial charge < -0.3 is 10.0 Å². The number of rotatable bonds is 4. The van der Waals surface area contributed by atoms with E-state index in [-0.39, 0.29) is 11.6 Å². The number of anilines is 1. The zero-order valence-electron chi connectivity index (χ0n) is 12.8. The number of hydrogen-bond donors (Lipinski definition) is 1. The number of para-hydroxylation sites is 1. The van der Waals surface area contributed by atoms with Crippen LogP contribution in [0.5, 0.6) is 0 Å². The minimum atomic E-state index is -0.643. The molecule has 0 unspecified atom stereocenters. The normalized spacial score (nSPS) is 17.3. The van der Waals surface area contributed by atoms with Gasteiger partial charge in [-0.3, -0.25) is 4.90 Å². The molecule has 0 bridgehead atoms. The van der Waals surface area contributed by atoms with Crippen molar-refractivity contribution in [2.75, 3.05) is 37.6 Å². The van der Waals surface area contributed by atoms with E-state index < -0.39 is 6.10 Å². The predicted molar refractivity (Wildman–Crippen MR) is 86.4 cm³/mol. The first-order valence-electron chi connectivity index (χ1n) is 7.79. The van der Waals surface area contributed by atoms with Gasteiger partial charge in [0, 0.05) is 32.7 Å². The van der Waals surface area contributed by atoms with Crippen molar-refractivity contribution >= 4 is 5.69 Å². The van der Waals surface area contributed by atoms with Gasteiger partial charge in [-0.1, -0.05) is 24.3 Å². The number of β-amino-alcohol motifs (C(OH)–C–C–N with tert-alkyl or cyclic N) is 1. The minimum absolute atomic E-state index is 0.202. The Morgan fingerprint density at radius 1 is 0.913 bits per heavy atom. The second kappa shape index (κ2) is 7.06. The van der Waals surface area contributed by atoms with Gasteiger partial charge in [0.05, 0.1) is 11.8 Å². The second-order valence-corrected chi connectivity index (χ2v) is 5.81. The topological polar surface area (TPSA) is 26.7 Å². The van der Waals surface area contributed by atoms with Crippen LogP contribution < -0.4 is 4.90 Å². The lowest BCUT2D eigenvalue weighted by Crippen LogP contribution is -2.47.